The van der Waals surface area contributed by atoms with Crippen molar-refractivity contribution in [1.29, 1.82) is 0 Å². The quantitative estimate of drug-likeness (QED) is 0.489. The molecule has 0 radical (unpaired) electrons. The van der Waals surface area contributed by atoms with Crippen molar-refractivity contribution in [1.82, 2.24) is 9.55 Å². The number of halogens is 1. The Kier molecular flexibility index (Phi) is 5.65. The second kappa shape index (κ2) is 8.31. The number of carbonyl (C=O) groups is 1. The van der Waals surface area contributed by atoms with Gasteiger partial charge in [-0.2, -0.15) is 0 Å². The molecule has 0 amide bonds. The number of esters is 1. The first-order valence-electron chi connectivity index (χ1n) is 7.85. The van der Waals surface area contributed by atoms with Crippen molar-refractivity contribution in [2.24, 2.45) is 0 Å². The van der Waals surface area contributed by atoms with Crippen LogP contribution in [-0.4, -0.2) is 15.5 Å². The minimum Gasteiger partial charge on any atom is -0.454 e. The van der Waals surface area contributed by atoms with Gasteiger partial charge in [-0.3, -0.25) is 0 Å². The maximum atomic E-state index is 11.9. The average Bonchev–Trinajstić information content (AvgIpc) is 3.07. The monoisotopic (exact) mass is 352 g/mol. The predicted octanol–water partition coefficient (Wildman–Crippen LogP) is 4.34. The van der Waals surface area contributed by atoms with Gasteiger partial charge in [0.1, 0.15) is 12.4 Å². The van der Waals surface area contributed by atoms with Gasteiger partial charge in [0.2, 0.25) is 0 Å². The molecule has 5 heteroatoms. The van der Waals surface area contributed by atoms with Crippen molar-refractivity contribution in [3.8, 4) is 0 Å². The number of ether oxygens (including phenoxy) is 1. The van der Waals surface area contributed by atoms with E-state index >= 15 is 0 Å². The lowest BCUT2D eigenvalue weighted by molar-refractivity contribution is -0.139. The van der Waals surface area contributed by atoms with Crippen LogP contribution in [0, 0.1) is 0 Å². The zero-order chi connectivity index (χ0) is 17.5. The molecule has 2 aromatic carbocycles. The molecule has 0 saturated carbocycles. The standard InChI is InChI=1S/C20H17ClN2O2/c21-18-9-6-16(7-10-18)8-11-20(24)25-15-19-22-12-13-23(19)14-17-4-2-1-3-5-17/h1-13H,14-15H2. The molecular formula is C20H17ClN2O2. The zero-order valence-electron chi connectivity index (χ0n) is 13.5. The van der Waals surface area contributed by atoms with Crippen molar-refractivity contribution >= 4 is 23.6 Å². The Bertz CT molecular complexity index is 855. The summed E-state index contributed by atoms with van der Waals surface area (Å²) in [6, 6.07) is 17.3. The molecule has 126 valence electrons. The van der Waals surface area contributed by atoms with E-state index in [9.17, 15) is 4.79 Å². The summed E-state index contributed by atoms with van der Waals surface area (Å²) >= 11 is 5.83. The van der Waals surface area contributed by atoms with Crippen molar-refractivity contribution < 1.29 is 9.53 Å². The van der Waals surface area contributed by atoms with Gasteiger partial charge in [-0.15, -0.1) is 0 Å². The van der Waals surface area contributed by atoms with Gasteiger partial charge in [0.25, 0.3) is 0 Å². The van der Waals surface area contributed by atoms with Gasteiger partial charge in [-0.05, 0) is 29.3 Å². The molecule has 0 aliphatic carbocycles. The van der Waals surface area contributed by atoms with Gasteiger partial charge >= 0.3 is 5.97 Å². The number of imidazole rings is 1. The van der Waals surface area contributed by atoms with Gasteiger partial charge in [-0.1, -0.05) is 54.1 Å². The van der Waals surface area contributed by atoms with E-state index in [1.165, 1.54) is 6.08 Å². The fourth-order valence-electron chi connectivity index (χ4n) is 2.33. The summed E-state index contributed by atoms with van der Waals surface area (Å²) in [5, 5.41) is 0.657. The van der Waals surface area contributed by atoms with E-state index in [0.717, 1.165) is 11.1 Å². The molecule has 0 aliphatic heterocycles. The molecule has 0 fully saturated rings. The number of aromatic nitrogens is 2. The largest absolute Gasteiger partial charge is 0.454 e. The van der Waals surface area contributed by atoms with Crippen LogP contribution in [0.4, 0.5) is 0 Å². The number of hydrogen-bond donors (Lipinski definition) is 0. The highest BCUT2D eigenvalue weighted by molar-refractivity contribution is 6.30. The molecule has 0 spiro atoms. The topological polar surface area (TPSA) is 44.1 Å². The number of benzene rings is 2. The summed E-state index contributed by atoms with van der Waals surface area (Å²) in [4.78, 5) is 16.1. The van der Waals surface area contributed by atoms with Gasteiger partial charge in [0.15, 0.2) is 0 Å². The molecule has 1 aromatic heterocycles. The zero-order valence-corrected chi connectivity index (χ0v) is 14.3. The molecule has 0 atom stereocenters. The smallest absolute Gasteiger partial charge is 0.331 e. The number of nitrogens with zero attached hydrogens (tertiary/aromatic N) is 2. The van der Waals surface area contributed by atoms with Crippen LogP contribution < -0.4 is 0 Å². The lowest BCUT2D eigenvalue weighted by Gasteiger charge is -2.08. The van der Waals surface area contributed by atoms with E-state index in [0.29, 0.717) is 17.4 Å². The Morgan fingerprint density at radius 1 is 1.12 bits per heavy atom. The maximum absolute atomic E-state index is 11.9. The normalized spacial score (nSPS) is 10.9. The molecule has 0 N–H and O–H groups in total. The number of hydrogen-bond acceptors (Lipinski definition) is 3. The second-order valence-corrected chi connectivity index (χ2v) is 5.89. The van der Waals surface area contributed by atoms with Gasteiger partial charge in [0.05, 0.1) is 0 Å². The lowest BCUT2D eigenvalue weighted by Crippen LogP contribution is -2.08. The van der Waals surface area contributed by atoms with Gasteiger partial charge in [-0.25, -0.2) is 9.78 Å². The van der Waals surface area contributed by atoms with Gasteiger partial charge < -0.3 is 9.30 Å². The highest BCUT2D eigenvalue weighted by Crippen LogP contribution is 2.11. The predicted molar refractivity (Wildman–Crippen MR) is 98.1 cm³/mol. The molecule has 0 aliphatic rings. The van der Waals surface area contributed by atoms with Crippen molar-refractivity contribution in [2.45, 2.75) is 13.2 Å². The van der Waals surface area contributed by atoms with E-state index in [4.69, 9.17) is 16.3 Å². The third-order valence-electron chi connectivity index (χ3n) is 3.62. The fourth-order valence-corrected chi connectivity index (χ4v) is 2.45. The van der Waals surface area contributed by atoms with E-state index in [-0.39, 0.29) is 6.61 Å². The molecule has 0 unspecified atom stereocenters. The Morgan fingerprint density at radius 2 is 1.88 bits per heavy atom. The number of carbonyl (C=O) groups excluding carboxylic acids is 1. The van der Waals surface area contributed by atoms with Crippen LogP contribution in [0.2, 0.25) is 5.02 Å². The molecule has 3 aromatic rings. The Morgan fingerprint density at radius 3 is 2.64 bits per heavy atom. The molecule has 25 heavy (non-hydrogen) atoms. The van der Waals surface area contributed by atoms with E-state index in [1.54, 1.807) is 24.4 Å². The van der Waals surface area contributed by atoms with Crippen LogP contribution in [0.1, 0.15) is 17.0 Å². The fraction of sp³-hybridized carbons (Fsp3) is 0.100. The van der Waals surface area contributed by atoms with Crippen LogP contribution in [0.3, 0.4) is 0 Å². The SMILES string of the molecule is O=C(C=Cc1ccc(Cl)cc1)OCc1nccn1Cc1ccccc1. The summed E-state index contributed by atoms with van der Waals surface area (Å²) < 4.78 is 7.24. The Balaban J connectivity index is 1.56. The minimum absolute atomic E-state index is 0.129. The highest BCUT2D eigenvalue weighted by Gasteiger charge is 2.06. The molecule has 0 bridgehead atoms. The summed E-state index contributed by atoms with van der Waals surface area (Å²) in [7, 11) is 0. The lowest BCUT2D eigenvalue weighted by atomic mass is 10.2. The maximum Gasteiger partial charge on any atom is 0.331 e. The molecule has 3 rings (SSSR count). The summed E-state index contributed by atoms with van der Waals surface area (Å²) in [6.45, 7) is 0.817. The highest BCUT2D eigenvalue weighted by atomic mass is 35.5. The van der Waals surface area contributed by atoms with E-state index in [2.05, 4.69) is 4.98 Å². The summed E-state index contributed by atoms with van der Waals surface area (Å²) in [5.74, 6) is 0.293. The van der Waals surface area contributed by atoms with Gasteiger partial charge in [0, 0.05) is 30.0 Å². The van der Waals surface area contributed by atoms with Crippen LogP contribution in [-0.2, 0) is 22.7 Å². The van der Waals surface area contributed by atoms with Crippen LogP contribution >= 0.6 is 11.6 Å². The van der Waals surface area contributed by atoms with Crippen molar-refractivity contribution in [3.63, 3.8) is 0 Å². The van der Waals surface area contributed by atoms with E-state index < -0.39 is 5.97 Å². The molecule has 4 nitrogen and oxygen atoms in total. The first-order chi connectivity index (χ1) is 12.2. The van der Waals surface area contributed by atoms with Crippen molar-refractivity contribution in [3.05, 3.63) is 95.0 Å². The Hall–Kier alpha value is -2.85. The minimum atomic E-state index is -0.413. The molecule has 1 heterocycles. The first-order valence-corrected chi connectivity index (χ1v) is 8.23. The average molecular weight is 353 g/mol. The third kappa shape index (κ3) is 5.06. The van der Waals surface area contributed by atoms with Crippen LogP contribution in [0.5, 0.6) is 0 Å². The van der Waals surface area contributed by atoms with Crippen LogP contribution in [0.25, 0.3) is 6.08 Å². The second-order valence-electron chi connectivity index (χ2n) is 5.45. The number of rotatable bonds is 6. The summed E-state index contributed by atoms with van der Waals surface area (Å²) in [6.07, 6.45) is 6.66. The van der Waals surface area contributed by atoms with Crippen LogP contribution in [0.15, 0.2) is 73.1 Å². The Labute approximate surface area is 151 Å². The molecular weight excluding hydrogens is 336 g/mol. The first kappa shape index (κ1) is 17.0. The van der Waals surface area contributed by atoms with Crippen molar-refractivity contribution in [2.75, 3.05) is 0 Å². The molecule has 0 saturated heterocycles. The van der Waals surface area contributed by atoms with E-state index in [1.807, 2.05) is 53.2 Å². The summed E-state index contributed by atoms with van der Waals surface area (Å²) in [5.41, 5.74) is 2.04. The third-order valence-corrected chi connectivity index (χ3v) is 3.87.